The number of benzene rings is 1. The molecule has 0 heterocycles. The van der Waals surface area contributed by atoms with E-state index in [0.29, 0.717) is 0 Å². The fraction of sp³-hybridized carbons (Fsp3) is 0.364. The van der Waals surface area contributed by atoms with E-state index in [1.54, 1.807) is 6.92 Å². The van der Waals surface area contributed by atoms with Crippen molar-refractivity contribution < 1.29 is 4.79 Å². The third kappa shape index (κ3) is 3.38. The molecule has 1 atom stereocenters. The minimum atomic E-state index is -0.0554. The Bertz CT molecular complexity index is 269. The summed E-state index contributed by atoms with van der Waals surface area (Å²) < 4.78 is 0. The molecule has 1 aromatic rings. The monoisotopic (exact) mass is 177 g/mol. The smallest absolute Gasteiger partial charge is 0.146 e. The molecule has 70 valence electrons. The van der Waals surface area contributed by atoms with Crippen LogP contribution in [0.1, 0.15) is 19.4 Å². The molecule has 0 aliphatic carbocycles. The number of rotatable bonds is 4. The van der Waals surface area contributed by atoms with Gasteiger partial charge in [0.15, 0.2) is 0 Å². The lowest BCUT2D eigenvalue weighted by Crippen LogP contribution is -2.31. The van der Waals surface area contributed by atoms with Crippen LogP contribution in [0.25, 0.3) is 0 Å². The molecule has 0 fully saturated rings. The highest BCUT2D eigenvalue weighted by Gasteiger charge is 2.05. The average molecular weight is 177 g/mol. The first kappa shape index (κ1) is 9.93. The third-order valence-electron chi connectivity index (χ3n) is 2.06. The van der Waals surface area contributed by atoms with Gasteiger partial charge in [-0.3, -0.25) is 4.79 Å². The van der Waals surface area contributed by atoms with Gasteiger partial charge in [0.2, 0.25) is 0 Å². The van der Waals surface area contributed by atoms with E-state index in [0.717, 1.165) is 6.54 Å². The first-order valence-electron chi connectivity index (χ1n) is 4.48. The summed E-state index contributed by atoms with van der Waals surface area (Å²) in [5.74, 6) is 0.177. The summed E-state index contributed by atoms with van der Waals surface area (Å²) in [6.07, 6.45) is 0. The lowest BCUT2D eigenvalue weighted by molar-refractivity contribution is -0.118. The van der Waals surface area contributed by atoms with Crippen LogP contribution in [0.5, 0.6) is 0 Å². The van der Waals surface area contributed by atoms with Crippen molar-refractivity contribution in [2.75, 3.05) is 0 Å². The Morgan fingerprint density at radius 3 is 2.54 bits per heavy atom. The highest BCUT2D eigenvalue weighted by Crippen LogP contribution is 1.98. The summed E-state index contributed by atoms with van der Waals surface area (Å²) in [5.41, 5.74) is 1.20. The molecule has 0 saturated carbocycles. The van der Waals surface area contributed by atoms with Crippen LogP contribution in [0.2, 0.25) is 0 Å². The lowest BCUT2D eigenvalue weighted by Gasteiger charge is -2.09. The standard InChI is InChI=1S/C11H15NO/c1-9(10(2)13)12-8-11-6-4-3-5-7-11/h3-7,9,12H,8H2,1-2H3. The van der Waals surface area contributed by atoms with Crippen LogP contribution in [0.3, 0.4) is 0 Å². The van der Waals surface area contributed by atoms with E-state index in [2.05, 4.69) is 5.32 Å². The molecule has 1 N–H and O–H groups in total. The third-order valence-corrected chi connectivity index (χ3v) is 2.06. The summed E-state index contributed by atoms with van der Waals surface area (Å²) in [4.78, 5) is 10.9. The number of hydrogen-bond acceptors (Lipinski definition) is 2. The van der Waals surface area contributed by atoms with Gasteiger partial charge in [0.25, 0.3) is 0 Å². The van der Waals surface area contributed by atoms with Gasteiger partial charge in [0, 0.05) is 6.54 Å². The molecular formula is C11H15NO. The van der Waals surface area contributed by atoms with Gasteiger partial charge in [0.1, 0.15) is 5.78 Å². The molecule has 0 aliphatic rings. The summed E-state index contributed by atoms with van der Waals surface area (Å²) in [7, 11) is 0. The van der Waals surface area contributed by atoms with E-state index in [1.807, 2.05) is 37.3 Å². The fourth-order valence-electron chi connectivity index (χ4n) is 1.01. The Balaban J connectivity index is 2.39. The molecule has 0 aliphatic heterocycles. The molecule has 1 rings (SSSR count). The number of ketones is 1. The number of carbonyl (C=O) groups excluding carboxylic acids is 1. The van der Waals surface area contributed by atoms with Gasteiger partial charge < -0.3 is 5.32 Å². The molecular weight excluding hydrogens is 162 g/mol. The highest BCUT2D eigenvalue weighted by molar-refractivity contribution is 5.80. The zero-order chi connectivity index (χ0) is 9.68. The zero-order valence-electron chi connectivity index (χ0n) is 8.08. The number of nitrogens with one attached hydrogen (secondary N) is 1. The van der Waals surface area contributed by atoms with Crippen LogP contribution in [0, 0.1) is 0 Å². The molecule has 0 bridgehead atoms. The lowest BCUT2D eigenvalue weighted by atomic mass is 10.2. The van der Waals surface area contributed by atoms with E-state index in [1.165, 1.54) is 5.56 Å². The first-order chi connectivity index (χ1) is 6.20. The van der Waals surface area contributed by atoms with E-state index in [9.17, 15) is 4.79 Å². The number of hydrogen-bond donors (Lipinski definition) is 1. The van der Waals surface area contributed by atoms with Crippen molar-refractivity contribution in [2.45, 2.75) is 26.4 Å². The van der Waals surface area contributed by atoms with Crippen LogP contribution in [0.15, 0.2) is 30.3 Å². The predicted molar refractivity (Wildman–Crippen MR) is 53.4 cm³/mol. The minimum absolute atomic E-state index is 0.0554. The second-order valence-electron chi connectivity index (χ2n) is 3.20. The Kier molecular flexibility index (Phi) is 3.65. The van der Waals surface area contributed by atoms with Crippen LogP contribution in [-0.2, 0) is 11.3 Å². The van der Waals surface area contributed by atoms with Crippen molar-refractivity contribution in [3.8, 4) is 0 Å². The van der Waals surface area contributed by atoms with Gasteiger partial charge in [-0.2, -0.15) is 0 Å². The van der Waals surface area contributed by atoms with Crippen LogP contribution >= 0.6 is 0 Å². The summed E-state index contributed by atoms with van der Waals surface area (Å²) in [6.45, 7) is 4.23. The van der Waals surface area contributed by atoms with Gasteiger partial charge in [-0.25, -0.2) is 0 Å². The molecule has 1 aromatic carbocycles. The van der Waals surface area contributed by atoms with Crippen molar-refractivity contribution in [2.24, 2.45) is 0 Å². The van der Waals surface area contributed by atoms with E-state index in [-0.39, 0.29) is 11.8 Å². The van der Waals surface area contributed by atoms with Gasteiger partial charge in [-0.05, 0) is 19.4 Å². The molecule has 0 saturated heterocycles. The summed E-state index contributed by atoms with van der Waals surface area (Å²) in [6, 6.07) is 10.0. The second-order valence-corrected chi connectivity index (χ2v) is 3.20. The highest BCUT2D eigenvalue weighted by atomic mass is 16.1. The second kappa shape index (κ2) is 4.77. The zero-order valence-corrected chi connectivity index (χ0v) is 8.08. The number of Topliss-reactive ketones (excluding diaryl/α,β-unsaturated/α-hetero) is 1. The maximum Gasteiger partial charge on any atom is 0.146 e. The quantitative estimate of drug-likeness (QED) is 0.759. The summed E-state index contributed by atoms with van der Waals surface area (Å²) >= 11 is 0. The minimum Gasteiger partial charge on any atom is -0.304 e. The molecule has 0 aromatic heterocycles. The van der Waals surface area contributed by atoms with Crippen molar-refractivity contribution in [3.05, 3.63) is 35.9 Å². The first-order valence-corrected chi connectivity index (χ1v) is 4.48. The molecule has 0 radical (unpaired) electrons. The molecule has 0 spiro atoms. The number of carbonyl (C=O) groups is 1. The van der Waals surface area contributed by atoms with E-state index >= 15 is 0 Å². The van der Waals surface area contributed by atoms with Gasteiger partial charge in [-0.1, -0.05) is 30.3 Å². The van der Waals surface area contributed by atoms with Crippen LogP contribution < -0.4 is 5.32 Å². The van der Waals surface area contributed by atoms with Crippen LogP contribution in [0.4, 0.5) is 0 Å². The largest absolute Gasteiger partial charge is 0.304 e. The van der Waals surface area contributed by atoms with Crippen molar-refractivity contribution >= 4 is 5.78 Å². The topological polar surface area (TPSA) is 29.1 Å². The fourth-order valence-corrected chi connectivity index (χ4v) is 1.01. The Labute approximate surface area is 79.0 Å². The maximum atomic E-state index is 10.9. The maximum absolute atomic E-state index is 10.9. The van der Waals surface area contributed by atoms with E-state index < -0.39 is 0 Å². The van der Waals surface area contributed by atoms with Gasteiger partial charge in [-0.15, -0.1) is 0 Å². The Morgan fingerprint density at radius 2 is 2.00 bits per heavy atom. The molecule has 13 heavy (non-hydrogen) atoms. The predicted octanol–water partition coefficient (Wildman–Crippen LogP) is 1.75. The average Bonchev–Trinajstić information content (AvgIpc) is 2.15. The normalized spacial score (nSPS) is 12.5. The Morgan fingerprint density at radius 1 is 1.38 bits per heavy atom. The Hall–Kier alpha value is -1.15. The van der Waals surface area contributed by atoms with Crippen molar-refractivity contribution in [3.63, 3.8) is 0 Å². The molecule has 1 unspecified atom stereocenters. The van der Waals surface area contributed by atoms with Crippen LogP contribution in [-0.4, -0.2) is 11.8 Å². The van der Waals surface area contributed by atoms with Crippen molar-refractivity contribution in [1.29, 1.82) is 0 Å². The van der Waals surface area contributed by atoms with Gasteiger partial charge in [0.05, 0.1) is 6.04 Å². The van der Waals surface area contributed by atoms with E-state index in [4.69, 9.17) is 0 Å². The van der Waals surface area contributed by atoms with Crippen molar-refractivity contribution in [1.82, 2.24) is 5.32 Å². The molecule has 2 heteroatoms. The SMILES string of the molecule is CC(=O)C(C)NCc1ccccc1. The van der Waals surface area contributed by atoms with Gasteiger partial charge >= 0.3 is 0 Å². The summed E-state index contributed by atoms with van der Waals surface area (Å²) in [5, 5.41) is 3.15. The molecule has 2 nitrogen and oxygen atoms in total. The molecule has 0 amide bonds.